The zero-order chi connectivity index (χ0) is 17.8. The normalized spacial score (nSPS) is 13.4. The van der Waals surface area contributed by atoms with Crippen LogP contribution in [0.5, 0.6) is 5.88 Å². The Morgan fingerprint density at radius 2 is 2.20 bits per heavy atom. The van der Waals surface area contributed by atoms with Gasteiger partial charge in [0.15, 0.2) is 0 Å². The Kier molecular flexibility index (Phi) is 5.28. The van der Waals surface area contributed by atoms with Crippen LogP contribution in [0.15, 0.2) is 30.5 Å². The minimum Gasteiger partial charge on any atom is -0.481 e. The summed E-state index contributed by atoms with van der Waals surface area (Å²) in [6.07, 6.45) is 2.51. The van der Waals surface area contributed by atoms with E-state index in [2.05, 4.69) is 29.1 Å². The van der Waals surface area contributed by atoms with Gasteiger partial charge in [0.2, 0.25) is 5.88 Å². The highest BCUT2D eigenvalue weighted by Gasteiger charge is 2.30. The molecule has 0 bridgehead atoms. The lowest BCUT2D eigenvalue weighted by Gasteiger charge is -2.14. The second-order valence-electron chi connectivity index (χ2n) is 6.48. The maximum absolute atomic E-state index is 12.7. The number of fused-ring (bicyclic) bond motifs is 1. The Morgan fingerprint density at radius 3 is 2.88 bits per heavy atom. The first-order chi connectivity index (χ1) is 12.1. The maximum atomic E-state index is 12.7. The van der Waals surface area contributed by atoms with Crippen LogP contribution in [-0.2, 0) is 19.5 Å². The predicted octanol–water partition coefficient (Wildman–Crippen LogP) is 2.18. The minimum atomic E-state index is 0.0341. The van der Waals surface area contributed by atoms with Gasteiger partial charge < -0.3 is 15.0 Å². The Hall–Kier alpha value is -2.47. The van der Waals surface area contributed by atoms with Gasteiger partial charge in [-0.2, -0.15) is 0 Å². The minimum absolute atomic E-state index is 0.0341. The van der Waals surface area contributed by atoms with Crippen LogP contribution in [-0.4, -0.2) is 40.5 Å². The second kappa shape index (κ2) is 7.61. The van der Waals surface area contributed by atoms with Gasteiger partial charge in [-0.3, -0.25) is 9.78 Å². The van der Waals surface area contributed by atoms with Gasteiger partial charge in [0.05, 0.1) is 24.9 Å². The monoisotopic (exact) mass is 340 g/mol. The van der Waals surface area contributed by atoms with Gasteiger partial charge in [-0.1, -0.05) is 19.9 Å². The number of methoxy groups -OCH3 is 1. The van der Waals surface area contributed by atoms with E-state index in [1.165, 1.54) is 0 Å². The van der Waals surface area contributed by atoms with Crippen LogP contribution in [0.1, 0.15) is 41.2 Å². The van der Waals surface area contributed by atoms with Crippen molar-refractivity contribution in [2.24, 2.45) is 0 Å². The van der Waals surface area contributed by atoms with E-state index in [4.69, 9.17) is 4.74 Å². The standard InChI is InChI=1S/C19H24N4O2/c1-13(2)21-11-14-10-16-17(22-18(14)25-3)12-23(19(16)24)9-7-15-6-4-5-8-20-15/h4-6,8,10,13,21H,7,9,11-12H2,1-3H3. The lowest BCUT2D eigenvalue weighted by molar-refractivity contribution is 0.0779. The van der Waals surface area contributed by atoms with E-state index < -0.39 is 0 Å². The van der Waals surface area contributed by atoms with Crippen LogP contribution in [0.2, 0.25) is 0 Å². The van der Waals surface area contributed by atoms with Crippen molar-refractivity contribution in [2.75, 3.05) is 13.7 Å². The number of nitrogens with one attached hydrogen (secondary N) is 1. The van der Waals surface area contributed by atoms with Crippen LogP contribution in [0.25, 0.3) is 0 Å². The summed E-state index contributed by atoms with van der Waals surface area (Å²) in [6.45, 7) is 5.95. The molecule has 2 aromatic rings. The Balaban J connectivity index is 1.74. The van der Waals surface area contributed by atoms with E-state index in [0.717, 1.165) is 23.4 Å². The molecule has 6 heteroatoms. The molecule has 3 heterocycles. The summed E-state index contributed by atoms with van der Waals surface area (Å²) in [6, 6.07) is 8.10. The molecule has 0 atom stereocenters. The van der Waals surface area contributed by atoms with E-state index in [0.29, 0.717) is 37.1 Å². The molecule has 0 aliphatic carbocycles. The largest absolute Gasteiger partial charge is 0.481 e. The van der Waals surface area contributed by atoms with Crippen molar-refractivity contribution < 1.29 is 9.53 Å². The number of hydrogen-bond acceptors (Lipinski definition) is 5. The zero-order valence-electron chi connectivity index (χ0n) is 15.0. The number of amides is 1. The van der Waals surface area contributed by atoms with E-state index in [1.807, 2.05) is 29.2 Å². The highest BCUT2D eigenvalue weighted by molar-refractivity contribution is 5.98. The van der Waals surface area contributed by atoms with Crippen LogP contribution in [0.3, 0.4) is 0 Å². The molecule has 0 unspecified atom stereocenters. The Labute approximate surface area is 148 Å². The molecule has 3 rings (SSSR count). The molecule has 1 N–H and O–H groups in total. The van der Waals surface area contributed by atoms with Crippen molar-refractivity contribution in [3.63, 3.8) is 0 Å². The molecule has 132 valence electrons. The van der Waals surface area contributed by atoms with Crippen molar-refractivity contribution in [1.29, 1.82) is 0 Å². The molecule has 0 saturated heterocycles. The molecule has 6 nitrogen and oxygen atoms in total. The van der Waals surface area contributed by atoms with Gasteiger partial charge in [-0.25, -0.2) is 4.98 Å². The first-order valence-corrected chi connectivity index (χ1v) is 8.58. The summed E-state index contributed by atoms with van der Waals surface area (Å²) in [4.78, 5) is 23.4. The van der Waals surface area contributed by atoms with E-state index >= 15 is 0 Å². The summed E-state index contributed by atoms with van der Waals surface area (Å²) in [5, 5.41) is 3.35. The summed E-state index contributed by atoms with van der Waals surface area (Å²) in [7, 11) is 1.61. The highest BCUT2D eigenvalue weighted by atomic mass is 16.5. The molecule has 1 aliphatic heterocycles. The fourth-order valence-corrected chi connectivity index (χ4v) is 2.90. The number of hydrogen-bond donors (Lipinski definition) is 1. The average molecular weight is 340 g/mol. The zero-order valence-corrected chi connectivity index (χ0v) is 15.0. The van der Waals surface area contributed by atoms with Crippen LogP contribution in [0.4, 0.5) is 0 Å². The molecule has 25 heavy (non-hydrogen) atoms. The van der Waals surface area contributed by atoms with Gasteiger partial charge in [0.25, 0.3) is 5.91 Å². The van der Waals surface area contributed by atoms with Crippen molar-refractivity contribution in [1.82, 2.24) is 20.2 Å². The van der Waals surface area contributed by atoms with Gasteiger partial charge in [0.1, 0.15) is 0 Å². The summed E-state index contributed by atoms with van der Waals surface area (Å²) >= 11 is 0. The quantitative estimate of drug-likeness (QED) is 0.837. The topological polar surface area (TPSA) is 67.3 Å². The van der Waals surface area contributed by atoms with Gasteiger partial charge in [-0.05, 0) is 18.2 Å². The summed E-state index contributed by atoms with van der Waals surface area (Å²) < 4.78 is 5.41. The number of ether oxygens (including phenoxy) is 1. The first kappa shape index (κ1) is 17.4. The van der Waals surface area contributed by atoms with E-state index in [9.17, 15) is 4.79 Å². The van der Waals surface area contributed by atoms with E-state index in [-0.39, 0.29) is 5.91 Å². The lowest BCUT2D eigenvalue weighted by Crippen LogP contribution is -2.26. The fourth-order valence-electron chi connectivity index (χ4n) is 2.90. The van der Waals surface area contributed by atoms with Crippen molar-refractivity contribution in [3.8, 4) is 5.88 Å². The average Bonchev–Trinajstić information content (AvgIpc) is 2.93. The predicted molar refractivity (Wildman–Crippen MR) is 95.4 cm³/mol. The number of pyridine rings is 2. The van der Waals surface area contributed by atoms with Gasteiger partial charge >= 0.3 is 0 Å². The maximum Gasteiger partial charge on any atom is 0.256 e. The molecular formula is C19H24N4O2. The second-order valence-corrected chi connectivity index (χ2v) is 6.48. The number of rotatable bonds is 7. The van der Waals surface area contributed by atoms with E-state index in [1.54, 1.807) is 13.3 Å². The van der Waals surface area contributed by atoms with Crippen LogP contribution in [0, 0.1) is 0 Å². The summed E-state index contributed by atoms with van der Waals surface area (Å²) in [5.41, 5.74) is 3.37. The third kappa shape index (κ3) is 3.96. The summed E-state index contributed by atoms with van der Waals surface area (Å²) in [5.74, 6) is 0.623. The SMILES string of the molecule is COc1nc2c(cc1CNC(C)C)C(=O)N(CCc1ccccn1)C2. The molecule has 0 fully saturated rings. The Morgan fingerprint density at radius 1 is 1.36 bits per heavy atom. The number of carbonyl (C=O) groups excluding carboxylic acids is 1. The molecule has 1 amide bonds. The van der Waals surface area contributed by atoms with Crippen molar-refractivity contribution in [3.05, 3.63) is 53.0 Å². The van der Waals surface area contributed by atoms with Crippen LogP contribution >= 0.6 is 0 Å². The van der Waals surface area contributed by atoms with Gasteiger partial charge in [-0.15, -0.1) is 0 Å². The van der Waals surface area contributed by atoms with Crippen LogP contribution < -0.4 is 10.1 Å². The smallest absolute Gasteiger partial charge is 0.256 e. The number of nitrogens with zero attached hydrogens (tertiary/aromatic N) is 3. The number of carbonyl (C=O) groups is 1. The molecule has 0 aromatic carbocycles. The molecule has 1 aliphatic rings. The fraction of sp³-hybridized carbons (Fsp3) is 0.421. The molecule has 0 saturated carbocycles. The van der Waals surface area contributed by atoms with Crippen molar-refractivity contribution >= 4 is 5.91 Å². The molecule has 0 spiro atoms. The van der Waals surface area contributed by atoms with Crippen molar-refractivity contribution in [2.45, 2.75) is 39.4 Å². The number of aromatic nitrogens is 2. The Bertz CT molecular complexity index is 747. The third-order valence-electron chi connectivity index (χ3n) is 4.26. The first-order valence-electron chi connectivity index (χ1n) is 8.58. The molecule has 0 radical (unpaired) electrons. The highest BCUT2D eigenvalue weighted by Crippen LogP contribution is 2.27. The molecule has 2 aromatic heterocycles. The van der Waals surface area contributed by atoms with Gasteiger partial charge in [0, 0.05) is 43.0 Å². The third-order valence-corrected chi connectivity index (χ3v) is 4.26. The molecular weight excluding hydrogens is 316 g/mol. The lowest BCUT2D eigenvalue weighted by atomic mass is 10.1.